The maximum Gasteiger partial charge on any atom is 0.149 e. The highest BCUT2D eigenvalue weighted by Gasteiger charge is 2.19. The molecule has 0 aromatic heterocycles. The fourth-order valence-electron chi connectivity index (χ4n) is 1.95. The molecule has 1 aromatic carbocycles. The number of benzene rings is 1. The number of nitrogens with zero attached hydrogens (tertiary/aromatic N) is 1. The minimum Gasteiger partial charge on any atom is -0.366 e. The summed E-state index contributed by atoms with van der Waals surface area (Å²) in [6.45, 7) is 6.43. The van der Waals surface area contributed by atoms with Gasteiger partial charge in [0.2, 0.25) is 0 Å². The van der Waals surface area contributed by atoms with Gasteiger partial charge in [0, 0.05) is 31.4 Å². The molecule has 1 rings (SSSR count). The Labute approximate surface area is 124 Å². The average molecular weight is 302 g/mol. The van der Waals surface area contributed by atoms with E-state index in [1.807, 2.05) is 27.0 Å². The van der Waals surface area contributed by atoms with E-state index in [1.165, 1.54) is 12.1 Å². The van der Waals surface area contributed by atoms with Crippen LogP contribution in [0.5, 0.6) is 0 Å². The van der Waals surface area contributed by atoms with E-state index in [0.29, 0.717) is 12.1 Å². The molecule has 0 fully saturated rings. The highest BCUT2D eigenvalue weighted by atomic mass is 32.2. The summed E-state index contributed by atoms with van der Waals surface area (Å²) < 4.78 is 28.3. The molecule has 0 saturated carbocycles. The lowest BCUT2D eigenvalue weighted by atomic mass is 10.1. The summed E-state index contributed by atoms with van der Waals surface area (Å²) in [4.78, 5) is 1.67. The Bertz CT molecular complexity index is 415. The first kappa shape index (κ1) is 17.2. The van der Waals surface area contributed by atoms with Crippen molar-refractivity contribution in [2.75, 3.05) is 24.0 Å². The molecule has 0 saturated heterocycles. The minimum absolute atomic E-state index is 0.0554. The summed E-state index contributed by atoms with van der Waals surface area (Å²) in [7, 11) is 1.73. The van der Waals surface area contributed by atoms with Crippen LogP contribution in [0, 0.1) is 11.6 Å². The molecule has 0 aliphatic heterocycles. The number of rotatable bonds is 7. The van der Waals surface area contributed by atoms with Gasteiger partial charge in [-0.15, -0.1) is 0 Å². The van der Waals surface area contributed by atoms with E-state index < -0.39 is 11.6 Å². The van der Waals surface area contributed by atoms with Gasteiger partial charge in [-0.25, -0.2) is 8.78 Å². The number of hydrogen-bond donors (Lipinski definition) is 1. The first-order chi connectivity index (χ1) is 9.36. The van der Waals surface area contributed by atoms with Crippen molar-refractivity contribution in [1.29, 1.82) is 0 Å². The van der Waals surface area contributed by atoms with Crippen molar-refractivity contribution in [3.8, 4) is 0 Å². The highest BCUT2D eigenvalue weighted by molar-refractivity contribution is 7.98. The maximum atomic E-state index is 14.2. The van der Waals surface area contributed by atoms with Crippen LogP contribution in [0.1, 0.15) is 26.3 Å². The number of nitrogens with one attached hydrogen (secondary N) is 1. The Hall–Kier alpha value is -0.810. The van der Waals surface area contributed by atoms with Crippen molar-refractivity contribution in [2.45, 2.75) is 39.4 Å². The average Bonchev–Trinajstić information content (AvgIpc) is 2.35. The van der Waals surface area contributed by atoms with Crippen LogP contribution in [0.25, 0.3) is 0 Å². The van der Waals surface area contributed by atoms with E-state index in [-0.39, 0.29) is 17.8 Å². The van der Waals surface area contributed by atoms with Crippen LogP contribution in [-0.4, -0.2) is 31.1 Å². The van der Waals surface area contributed by atoms with Crippen LogP contribution in [0.3, 0.4) is 0 Å². The van der Waals surface area contributed by atoms with Gasteiger partial charge in [0.05, 0.1) is 0 Å². The zero-order valence-corrected chi connectivity index (χ0v) is 13.7. The Balaban J connectivity index is 2.93. The summed E-state index contributed by atoms with van der Waals surface area (Å²) in [6, 6.07) is 3.19. The number of anilines is 1. The van der Waals surface area contributed by atoms with Gasteiger partial charge in [0.1, 0.15) is 17.3 Å². The summed E-state index contributed by atoms with van der Waals surface area (Å²) in [5.41, 5.74) is 0.684. The monoisotopic (exact) mass is 302 g/mol. The second-order valence-electron chi connectivity index (χ2n) is 5.36. The van der Waals surface area contributed by atoms with E-state index >= 15 is 0 Å². The van der Waals surface area contributed by atoms with E-state index in [4.69, 9.17) is 0 Å². The van der Waals surface area contributed by atoms with Gasteiger partial charge in [-0.2, -0.15) is 11.8 Å². The molecule has 0 aliphatic carbocycles. The molecule has 1 N–H and O–H groups in total. The van der Waals surface area contributed by atoms with Gasteiger partial charge in [0.25, 0.3) is 0 Å². The molecule has 0 heterocycles. The van der Waals surface area contributed by atoms with Gasteiger partial charge in [0.15, 0.2) is 0 Å². The lowest BCUT2D eigenvalue weighted by molar-refractivity contribution is 0.552. The van der Waals surface area contributed by atoms with Crippen LogP contribution in [0.15, 0.2) is 12.1 Å². The lowest BCUT2D eigenvalue weighted by Gasteiger charge is -2.27. The fraction of sp³-hybridized carbons (Fsp3) is 0.600. The van der Waals surface area contributed by atoms with Gasteiger partial charge >= 0.3 is 0 Å². The second-order valence-corrected chi connectivity index (χ2v) is 6.27. The van der Waals surface area contributed by atoms with Gasteiger partial charge < -0.3 is 10.2 Å². The van der Waals surface area contributed by atoms with Crippen molar-refractivity contribution < 1.29 is 8.78 Å². The molecule has 0 spiro atoms. The topological polar surface area (TPSA) is 15.3 Å². The molecule has 20 heavy (non-hydrogen) atoms. The summed E-state index contributed by atoms with van der Waals surface area (Å²) in [5.74, 6) is -0.173. The smallest absolute Gasteiger partial charge is 0.149 e. The van der Waals surface area contributed by atoms with Crippen LogP contribution >= 0.6 is 11.8 Å². The Morgan fingerprint density at radius 3 is 2.20 bits per heavy atom. The molecule has 1 unspecified atom stereocenters. The van der Waals surface area contributed by atoms with Crippen LogP contribution in [0.2, 0.25) is 0 Å². The standard InChI is InChI=1S/C15H24F2N2S/c1-10(2)18-8-12-6-13(16)15(14(17)7-12)19(4)11(3)9-20-5/h6-7,10-11,18H,8-9H2,1-5H3. The third kappa shape index (κ3) is 4.63. The predicted molar refractivity (Wildman–Crippen MR) is 84.6 cm³/mol. The molecular weight excluding hydrogens is 278 g/mol. The van der Waals surface area contributed by atoms with Gasteiger partial charge in [-0.3, -0.25) is 0 Å². The molecule has 1 atom stereocenters. The van der Waals surface area contributed by atoms with Crippen molar-refractivity contribution in [3.05, 3.63) is 29.3 Å². The molecule has 5 heteroatoms. The molecule has 1 aromatic rings. The van der Waals surface area contributed by atoms with E-state index in [0.717, 1.165) is 5.75 Å². The van der Waals surface area contributed by atoms with Crippen LogP contribution < -0.4 is 10.2 Å². The van der Waals surface area contributed by atoms with Crippen LogP contribution in [0.4, 0.5) is 14.5 Å². The zero-order valence-electron chi connectivity index (χ0n) is 12.8. The zero-order chi connectivity index (χ0) is 15.3. The quantitative estimate of drug-likeness (QED) is 0.827. The maximum absolute atomic E-state index is 14.2. The first-order valence-corrected chi connectivity index (χ1v) is 8.19. The number of thioether (sulfide) groups is 1. The second kappa shape index (κ2) is 7.84. The summed E-state index contributed by atoms with van der Waals surface area (Å²) in [5, 5.41) is 3.16. The van der Waals surface area contributed by atoms with Crippen LogP contribution in [-0.2, 0) is 6.54 Å². The van der Waals surface area contributed by atoms with E-state index in [1.54, 1.807) is 23.7 Å². The third-order valence-electron chi connectivity index (χ3n) is 3.21. The largest absolute Gasteiger partial charge is 0.366 e. The Kier molecular flexibility index (Phi) is 6.76. The van der Waals surface area contributed by atoms with Crippen molar-refractivity contribution >= 4 is 17.4 Å². The minimum atomic E-state index is -0.499. The normalized spacial score (nSPS) is 12.8. The molecular formula is C15H24F2N2S. The third-order valence-corrected chi connectivity index (χ3v) is 4.03. The molecule has 2 nitrogen and oxygen atoms in total. The molecule has 0 bridgehead atoms. The summed E-state index contributed by atoms with van der Waals surface area (Å²) >= 11 is 1.66. The fourth-order valence-corrected chi connectivity index (χ4v) is 2.66. The van der Waals surface area contributed by atoms with Gasteiger partial charge in [-0.05, 0) is 30.9 Å². The predicted octanol–water partition coefficient (Wildman–Crippen LogP) is 3.65. The molecule has 0 radical (unpaired) electrons. The van der Waals surface area contributed by atoms with E-state index in [9.17, 15) is 8.78 Å². The van der Waals surface area contributed by atoms with Gasteiger partial charge in [-0.1, -0.05) is 13.8 Å². The summed E-state index contributed by atoms with van der Waals surface area (Å²) in [6.07, 6.45) is 1.98. The SMILES string of the molecule is CSCC(C)N(C)c1c(F)cc(CNC(C)C)cc1F. The Morgan fingerprint density at radius 1 is 1.20 bits per heavy atom. The van der Waals surface area contributed by atoms with Crippen molar-refractivity contribution in [1.82, 2.24) is 5.32 Å². The highest BCUT2D eigenvalue weighted by Crippen LogP contribution is 2.26. The first-order valence-electron chi connectivity index (χ1n) is 6.79. The van der Waals surface area contributed by atoms with Crippen molar-refractivity contribution in [2.24, 2.45) is 0 Å². The number of hydrogen-bond acceptors (Lipinski definition) is 3. The lowest BCUT2D eigenvalue weighted by Crippen LogP contribution is -2.32. The van der Waals surface area contributed by atoms with E-state index in [2.05, 4.69) is 5.32 Å². The molecule has 0 amide bonds. The molecule has 114 valence electrons. The molecule has 0 aliphatic rings. The Morgan fingerprint density at radius 2 is 1.75 bits per heavy atom. The number of halogens is 2. The van der Waals surface area contributed by atoms with Crippen molar-refractivity contribution in [3.63, 3.8) is 0 Å².